The molecule has 1 heterocycles. The third-order valence-electron chi connectivity index (χ3n) is 4.00. The van der Waals surface area contributed by atoms with E-state index in [1.54, 1.807) is 24.3 Å². The summed E-state index contributed by atoms with van der Waals surface area (Å²) < 4.78 is 10.5. The standard InChI is InChI=1S/C20H27N3O4/c1-3-21-20(25)22(11-13-26-2)16-19(24)23(15-18-10-7-12-27-18)14-17-8-5-4-6-9-17/h4-10,12H,3,11,13-16H2,1-2H3,(H,21,25). The average molecular weight is 373 g/mol. The van der Waals surface area contributed by atoms with Crippen molar-refractivity contribution in [3.05, 3.63) is 60.1 Å². The second-order valence-corrected chi connectivity index (χ2v) is 6.06. The first-order valence-corrected chi connectivity index (χ1v) is 8.99. The van der Waals surface area contributed by atoms with Gasteiger partial charge >= 0.3 is 6.03 Å². The SMILES string of the molecule is CCNC(=O)N(CCOC)CC(=O)N(Cc1ccccc1)Cc1ccco1. The molecule has 1 N–H and O–H groups in total. The van der Waals surface area contributed by atoms with E-state index in [1.165, 1.54) is 4.90 Å². The highest BCUT2D eigenvalue weighted by Crippen LogP contribution is 2.11. The maximum Gasteiger partial charge on any atom is 0.317 e. The molecule has 146 valence electrons. The molecule has 0 saturated heterocycles. The number of ether oxygens (including phenoxy) is 1. The molecule has 0 fully saturated rings. The Bertz CT molecular complexity index is 689. The Morgan fingerprint density at radius 1 is 1.07 bits per heavy atom. The first-order chi connectivity index (χ1) is 13.1. The summed E-state index contributed by atoms with van der Waals surface area (Å²) in [6.07, 6.45) is 1.58. The quantitative estimate of drug-likeness (QED) is 0.694. The lowest BCUT2D eigenvalue weighted by atomic mass is 10.2. The Balaban J connectivity index is 2.11. The minimum absolute atomic E-state index is 0.0251. The molecule has 1 aromatic heterocycles. The largest absolute Gasteiger partial charge is 0.467 e. The fraction of sp³-hybridized carbons (Fsp3) is 0.400. The molecule has 0 bridgehead atoms. The lowest BCUT2D eigenvalue weighted by Gasteiger charge is -2.27. The Morgan fingerprint density at radius 2 is 1.85 bits per heavy atom. The Kier molecular flexibility index (Phi) is 8.38. The number of methoxy groups -OCH3 is 1. The number of urea groups is 1. The van der Waals surface area contributed by atoms with Gasteiger partial charge in [-0.2, -0.15) is 0 Å². The van der Waals surface area contributed by atoms with Crippen molar-refractivity contribution >= 4 is 11.9 Å². The van der Waals surface area contributed by atoms with Gasteiger partial charge in [0.1, 0.15) is 12.3 Å². The molecule has 2 aromatic rings. The molecule has 3 amide bonds. The van der Waals surface area contributed by atoms with Crippen molar-refractivity contribution in [1.29, 1.82) is 0 Å². The second kappa shape index (κ2) is 11.0. The monoisotopic (exact) mass is 373 g/mol. The molecule has 7 nitrogen and oxygen atoms in total. The number of nitrogens with zero attached hydrogens (tertiary/aromatic N) is 2. The lowest BCUT2D eigenvalue weighted by molar-refractivity contribution is -0.133. The smallest absolute Gasteiger partial charge is 0.317 e. The number of amides is 3. The van der Waals surface area contributed by atoms with Crippen molar-refractivity contribution in [3.63, 3.8) is 0 Å². The van der Waals surface area contributed by atoms with Gasteiger partial charge in [-0.3, -0.25) is 4.79 Å². The number of nitrogens with one attached hydrogen (secondary N) is 1. The molecular weight excluding hydrogens is 346 g/mol. The van der Waals surface area contributed by atoms with Gasteiger partial charge in [0.25, 0.3) is 0 Å². The van der Waals surface area contributed by atoms with Crippen LogP contribution in [-0.2, 0) is 22.6 Å². The zero-order chi connectivity index (χ0) is 19.5. The van der Waals surface area contributed by atoms with E-state index in [1.807, 2.05) is 43.3 Å². The van der Waals surface area contributed by atoms with E-state index in [0.717, 1.165) is 5.56 Å². The zero-order valence-corrected chi connectivity index (χ0v) is 15.9. The van der Waals surface area contributed by atoms with Crippen molar-refractivity contribution in [2.24, 2.45) is 0 Å². The topological polar surface area (TPSA) is 75.0 Å². The van der Waals surface area contributed by atoms with Crippen LogP contribution in [0.25, 0.3) is 0 Å². The molecule has 0 radical (unpaired) electrons. The first-order valence-electron chi connectivity index (χ1n) is 8.99. The fourth-order valence-corrected chi connectivity index (χ4v) is 2.61. The van der Waals surface area contributed by atoms with Crippen LogP contribution in [-0.4, -0.2) is 55.1 Å². The molecule has 0 aliphatic carbocycles. The fourth-order valence-electron chi connectivity index (χ4n) is 2.61. The summed E-state index contributed by atoms with van der Waals surface area (Å²) in [5.74, 6) is 0.540. The van der Waals surface area contributed by atoms with Gasteiger partial charge in [-0.25, -0.2) is 4.79 Å². The van der Waals surface area contributed by atoms with Crippen LogP contribution in [0.2, 0.25) is 0 Å². The highest BCUT2D eigenvalue weighted by Gasteiger charge is 2.22. The molecule has 1 aromatic carbocycles. The molecule has 7 heteroatoms. The number of benzene rings is 1. The number of hydrogen-bond acceptors (Lipinski definition) is 4. The highest BCUT2D eigenvalue weighted by atomic mass is 16.5. The summed E-state index contributed by atoms with van der Waals surface area (Å²) in [6, 6.07) is 13.1. The van der Waals surface area contributed by atoms with Gasteiger partial charge in [-0.1, -0.05) is 30.3 Å². The maximum absolute atomic E-state index is 13.0. The van der Waals surface area contributed by atoms with Crippen LogP contribution in [0, 0.1) is 0 Å². The summed E-state index contributed by atoms with van der Waals surface area (Å²) in [6.45, 7) is 3.80. The van der Waals surface area contributed by atoms with Crippen LogP contribution < -0.4 is 5.32 Å². The molecule has 0 aliphatic heterocycles. The van der Waals surface area contributed by atoms with Gasteiger partial charge in [0, 0.05) is 26.7 Å². The van der Waals surface area contributed by atoms with Crippen molar-refractivity contribution in [2.45, 2.75) is 20.0 Å². The third kappa shape index (κ3) is 6.79. The first kappa shape index (κ1) is 20.5. The molecule has 0 saturated carbocycles. The average Bonchev–Trinajstić information content (AvgIpc) is 3.18. The molecule has 0 spiro atoms. The molecule has 27 heavy (non-hydrogen) atoms. The van der Waals surface area contributed by atoms with Crippen molar-refractivity contribution < 1.29 is 18.7 Å². The summed E-state index contributed by atoms with van der Waals surface area (Å²) in [4.78, 5) is 28.4. The van der Waals surface area contributed by atoms with Gasteiger partial charge < -0.3 is 24.3 Å². The Hall–Kier alpha value is -2.80. The van der Waals surface area contributed by atoms with Gasteiger partial charge in [-0.15, -0.1) is 0 Å². The number of furan rings is 1. The van der Waals surface area contributed by atoms with Crippen molar-refractivity contribution in [1.82, 2.24) is 15.1 Å². The number of hydrogen-bond donors (Lipinski definition) is 1. The van der Waals surface area contributed by atoms with Gasteiger partial charge in [-0.05, 0) is 24.6 Å². The normalized spacial score (nSPS) is 10.4. The van der Waals surface area contributed by atoms with Crippen LogP contribution in [0.3, 0.4) is 0 Å². The summed E-state index contributed by atoms with van der Waals surface area (Å²) in [5.41, 5.74) is 1.01. The molecular formula is C20H27N3O4. The van der Waals surface area contributed by atoms with Crippen LogP contribution in [0.15, 0.2) is 53.1 Å². The van der Waals surface area contributed by atoms with E-state index < -0.39 is 0 Å². The molecule has 0 atom stereocenters. The Morgan fingerprint density at radius 3 is 2.48 bits per heavy atom. The number of carbonyl (C=O) groups is 2. The van der Waals surface area contributed by atoms with E-state index in [2.05, 4.69) is 5.32 Å². The van der Waals surface area contributed by atoms with Gasteiger partial charge in [0.05, 0.1) is 19.4 Å². The van der Waals surface area contributed by atoms with Crippen LogP contribution >= 0.6 is 0 Å². The summed E-state index contributed by atoms with van der Waals surface area (Å²) in [5, 5.41) is 2.74. The summed E-state index contributed by atoms with van der Waals surface area (Å²) in [7, 11) is 1.57. The predicted octanol–water partition coefficient (Wildman–Crippen LogP) is 2.49. The zero-order valence-electron chi connectivity index (χ0n) is 15.9. The van der Waals surface area contributed by atoms with Crippen LogP contribution in [0.4, 0.5) is 4.79 Å². The minimum Gasteiger partial charge on any atom is -0.467 e. The van der Waals surface area contributed by atoms with E-state index in [0.29, 0.717) is 38.5 Å². The minimum atomic E-state index is -0.277. The van der Waals surface area contributed by atoms with E-state index in [4.69, 9.17) is 9.15 Å². The molecule has 0 aliphatic rings. The van der Waals surface area contributed by atoms with E-state index >= 15 is 0 Å². The predicted molar refractivity (Wildman–Crippen MR) is 102 cm³/mol. The van der Waals surface area contributed by atoms with Crippen LogP contribution in [0.1, 0.15) is 18.2 Å². The van der Waals surface area contributed by atoms with Crippen molar-refractivity contribution in [2.75, 3.05) is 33.4 Å². The Labute approximate surface area is 159 Å². The molecule has 2 rings (SSSR count). The van der Waals surface area contributed by atoms with E-state index in [9.17, 15) is 9.59 Å². The van der Waals surface area contributed by atoms with Crippen molar-refractivity contribution in [3.8, 4) is 0 Å². The molecule has 0 unspecified atom stereocenters. The van der Waals surface area contributed by atoms with Gasteiger partial charge in [0.15, 0.2) is 0 Å². The third-order valence-corrected chi connectivity index (χ3v) is 4.00. The maximum atomic E-state index is 13.0. The van der Waals surface area contributed by atoms with Crippen LogP contribution in [0.5, 0.6) is 0 Å². The number of carbonyl (C=O) groups excluding carboxylic acids is 2. The summed E-state index contributed by atoms with van der Waals surface area (Å²) >= 11 is 0. The van der Waals surface area contributed by atoms with Gasteiger partial charge in [0.2, 0.25) is 5.91 Å². The second-order valence-electron chi connectivity index (χ2n) is 6.06. The van der Waals surface area contributed by atoms with E-state index in [-0.39, 0.29) is 18.5 Å². The lowest BCUT2D eigenvalue weighted by Crippen LogP contribution is -2.47. The number of rotatable bonds is 10. The highest BCUT2D eigenvalue weighted by molar-refractivity contribution is 5.84.